The van der Waals surface area contributed by atoms with E-state index in [1.165, 1.54) is 19.4 Å². The molecule has 0 aromatic heterocycles. The van der Waals surface area contributed by atoms with Crippen LogP contribution in [0.3, 0.4) is 0 Å². The van der Waals surface area contributed by atoms with E-state index in [2.05, 4.69) is 40.7 Å². The van der Waals surface area contributed by atoms with Crippen molar-refractivity contribution in [2.75, 3.05) is 6.61 Å². The highest BCUT2D eigenvalue weighted by Crippen LogP contribution is 2.75. The Bertz CT molecular complexity index is 1130. The zero-order valence-corrected chi connectivity index (χ0v) is 29.1. The number of fused-ring (bicyclic) bond motifs is 5. The first-order chi connectivity index (χ1) is 21.2. The molecule has 0 amide bonds. The molecule has 5 rings (SSSR count). The third kappa shape index (κ3) is 5.46. The lowest BCUT2D eigenvalue weighted by Crippen LogP contribution is -2.62. The van der Waals surface area contributed by atoms with Crippen molar-refractivity contribution < 1.29 is 50.3 Å². The van der Waals surface area contributed by atoms with Gasteiger partial charge in [-0.05, 0) is 98.7 Å². The highest BCUT2D eigenvalue weighted by atomic mass is 16.7. The van der Waals surface area contributed by atoms with Gasteiger partial charge in [-0.15, -0.1) is 0 Å². The first-order valence-electron chi connectivity index (χ1n) is 17.6. The Labute approximate surface area is 274 Å². The second kappa shape index (κ2) is 12.3. The third-order valence-corrected chi connectivity index (χ3v) is 14.6. The van der Waals surface area contributed by atoms with Crippen LogP contribution >= 0.6 is 0 Å². The summed E-state index contributed by atoms with van der Waals surface area (Å²) in [5.74, 6) is 0.674. The monoisotopic (exact) mass is 654 g/mol. The largest absolute Gasteiger partial charge is 0.394 e. The zero-order valence-electron chi connectivity index (χ0n) is 29.1. The molecule has 5 aliphatic rings. The van der Waals surface area contributed by atoms with Crippen LogP contribution < -0.4 is 0 Å². The van der Waals surface area contributed by atoms with Gasteiger partial charge >= 0.3 is 0 Å². The fourth-order valence-corrected chi connectivity index (χ4v) is 11.3. The lowest BCUT2D eigenvalue weighted by molar-refractivity contribution is -0.320. The lowest BCUT2D eigenvalue weighted by Gasteiger charge is -2.66. The summed E-state index contributed by atoms with van der Waals surface area (Å²) in [6.07, 6.45) is -1.84. The van der Waals surface area contributed by atoms with Crippen LogP contribution in [0.4, 0.5) is 0 Å². The molecule has 1 heterocycles. The maximum absolute atomic E-state index is 11.3. The molecule has 1 aliphatic heterocycles. The summed E-state index contributed by atoms with van der Waals surface area (Å²) in [7, 11) is 0. The van der Waals surface area contributed by atoms with E-state index in [1.807, 2.05) is 6.92 Å². The van der Waals surface area contributed by atoms with Gasteiger partial charge in [0.05, 0.1) is 24.4 Å². The first kappa shape index (κ1) is 36.6. The fraction of sp³-hybridized carbons (Fsp3) is 0.944. The van der Waals surface area contributed by atoms with Gasteiger partial charge in [0.15, 0.2) is 6.29 Å². The van der Waals surface area contributed by atoms with Gasteiger partial charge in [-0.2, -0.15) is 0 Å². The minimum Gasteiger partial charge on any atom is -0.394 e. The first-order valence-corrected chi connectivity index (χ1v) is 17.6. The lowest BCUT2D eigenvalue weighted by atomic mass is 9.39. The molecule has 4 fully saturated rings. The Morgan fingerprint density at radius 3 is 2.15 bits per heavy atom. The minimum atomic E-state index is -1.53. The highest BCUT2D eigenvalue weighted by molar-refractivity contribution is 5.30. The average Bonchev–Trinajstić information content (AvgIpc) is 3.27. The Kier molecular flexibility index (Phi) is 9.78. The fourth-order valence-electron chi connectivity index (χ4n) is 11.3. The maximum Gasteiger partial charge on any atom is 0.187 e. The van der Waals surface area contributed by atoms with Gasteiger partial charge in [0.2, 0.25) is 0 Å². The Morgan fingerprint density at radius 2 is 1.54 bits per heavy atom. The average molecular weight is 655 g/mol. The van der Waals surface area contributed by atoms with Crippen LogP contribution in [0.15, 0.2) is 11.6 Å². The van der Waals surface area contributed by atoms with Crippen molar-refractivity contribution in [2.45, 2.75) is 161 Å². The predicted molar refractivity (Wildman–Crippen MR) is 171 cm³/mol. The summed E-state index contributed by atoms with van der Waals surface area (Å²) >= 11 is 0. The van der Waals surface area contributed by atoms with Crippen LogP contribution in [0.2, 0.25) is 0 Å². The number of hydrogen-bond donors (Lipinski definition) is 8. The number of hydrogen-bond acceptors (Lipinski definition) is 10. The van der Waals surface area contributed by atoms with Crippen molar-refractivity contribution in [1.82, 2.24) is 0 Å². The van der Waals surface area contributed by atoms with Crippen molar-refractivity contribution in [3.63, 3.8) is 0 Å². The van der Waals surface area contributed by atoms with E-state index in [4.69, 9.17) is 9.47 Å². The van der Waals surface area contributed by atoms with E-state index in [0.29, 0.717) is 11.8 Å². The topological polar surface area (TPSA) is 180 Å². The molecule has 0 aromatic rings. The van der Waals surface area contributed by atoms with Crippen molar-refractivity contribution in [3.05, 3.63) is 11.6 Å². The smallest absolute Gasteiger partial charge is 0.187 e. The molecule has 0 spiro atoms. The summed E-state index contributed by atoms with van der Waals surface area (Å²) in [6, 6.07) is 0. The van der Waals surface area contributed by atoms with Crippen molar-refractivity contribution >= 4 is 0 Å². The summed E-state index contributed by atoms with van der Waals surface area (Å²) in [6.45, 7) is 16.0. The molecule has 16 atom stereocenters. The molecule has 3 saturated carbocycles. The number of rotatable bonds is 8. The van der Waals surface area contributed by atoms with Gasteiger partial charge in [-0.1, -0.05) is 53.2 Å². The van der Waals surface area contributed by atoms with Gasteiger partial charge in [-0.25, -0.2) is 0 Å². The second-order valence-corrected chi connectivity index (χ2v) is 17.5. The Morgan fingerprint density at radius 1 is 0.891 bits per heavy atom. The highest BCUT2D eigenvalue weighted by Gasteiger charge is 2.68. The van der Waals surface area contributed by atoms with Crippen LogP contribution in [0.5, 0.6) is 0 Å². The minimum absolute atomic E-state index is 0.00825. The van der Waals surface area contributed by atoms with Crippen LogP contribution in [-0.2, 0) is 9.47 Å². The predicted octanol–water partition coefficient (Wildman–Crippen LogP) is 2.27. The Balaban J connectivity index is 1.36. The number of ether oxygens (including phenoxy) is 2. The quantitative estimate of drug-likeness (QED) is 0.181. The van der Waals surface area contributed by atoms with Crippen LogP contribution in [-0.4, -0.2) is 108 Å². The molecule has 0 unspecified atom stereocenters. The summed E-state index contributed by atoms with van der Waals surface area (Å²) < 4.78 is 12.1. The van der Waals surface area contributed by atoms with Crippen molar-refractivity contribution in [2.24, 2.45) is 45.3 Å². The third-order valence-electron chi connectivity index (χ3n) is 14.6. The van der Waals surface area contributed by atoms with E-state index in [-0.39, 0.29) is 39.6 Å². The molecule has 8 N–H and O–H groups in total. The number of allylic oxidation sites excluding steroid dienone is 1. The van der Waals surface area contributed by atoms with Gasteiger partial charge in [0, 0.05) is 5.41 Å². The normalized spacial score (nSPS) is 48.3. The summed E-state index contributed by atoms with van der Waals surface area (Å²) in [5, 5.41) is 83.9. The molecule has 266 valence electrons. The van der Waals surface area contributed by atoms with Gasteiger partial charge in [0.25, 0.3) is 0 Å². The number of aliphatic hydroxyl groups is 8. The van der Waals surface area contributed by atoms with Gasteiger partial charge < -0.3 is 50.3 Å². The van der Waals surface area contributed by atoms with Crippen LogP contribution in [0, 0.1) is 45.3 Å². The molecular weight excluding hydrogens is 592 g/mol. The second-order valence-electron chi connectivity index (χ2n) is 17.5. The molecule has 0 radical (unpaired) electrons. The zero-order chi connectivity index (χ0) is 34.4. The molecule has 0 aromatic carbocycles. The van der Waals surface area contributed by atoms with Crippen LogP contribution in [0.25, 0.3) is 0 Å². The SMILES string of the molecule is C[C@H]([C@H](O)[C@@H](O)[C@@H](O)C(C)(C)O)[C@H]1CC[C@@]2(C)[C@@H]3CC=C4[C@@H](CC[C@H](O[C@@H]5O[C@H](CO)[C@@H](O)[C@H](O)[C@H]5O)C4(C)C)[C@]3(C)CC[C@]12C. The standard InChI is InChI=1S/C36H62O10/c1-18(25(38)28(41)30(43)33(4,5)44)19-13-14-36(8)23-11-9-20-21(34(23,6)15-16-35(19,36)7)10-12-24(32(20,2)3)46-31-29(42)27(40)26(39)22(17-37)45-31/h9,18-19,21-31,37-44H,10-17H2,1-8H3/t18-,19+,21+,22+,23+,24-,25-,26+,27-,28+,29+,30+,31-,34-,35+,36-/m0/s1. The van der Waals surface area contributed by atoms with Crippen LogP contribution in [0.1, 0.15) is 100 Å². The van der Waals surface area contributed by atoms with Gasteiger partial charge in [-0.3, -0.25) is 0 Å². The summed E-state index contributed by atoms with van der Waals surface area (Å²) in [5.41, 5.74) is -0.542. The van der Waals surface area contributed by atoms with E-state index >= 15 is 0 Å². The van der Waals surface area contributed by atoms with Crippen molar-refractivity contribution in [3.8, 4) is 0 Å². The number of aliphatic hydroxyl groups excluding tert-OH is 7. The molecule has 1 saturated heterocycles. The molecule has 10 heteroatoms. The molecule has 4 aliphatic carbocycles. The van der Waals surface area contributed by atoms with E-state index in [9.17, 15) is 40.9 Å². The van der Waals surface area contributed by atoms with E-state index < -0.39 is 61.2 Å². The summed E-state index contributed by atoms with van der Waals surface area (Å²) in [4.78, 5) is 0. The maximum atomic E-state index is 11.3. The molecule has 10 nitrogen and oxygen atoms in total. The molecular formula is C36H62O10. The molecule has 0 bridgehead atoms. The molecule has 46 heavy (non-hydrogen) atoms. The van der Waals surface area contributed by atoms with Crippen molar-refractivity contribution in [1.29, 1.82) is 0 Å². The van der Waals surface area contributed by atoms with E-state index in [0.717, 1.165) is 44.9 Å². The van der Waals surface area contributed by atoms with E-state index in [1.54, 1.807) is 0 Å². The van der Waals surface area contributed by atoms with Gasteiger partial charge in [0.1, 0.15) is 36.6 Å². The Hall–Kier alpha value is -0.660.